The van der Waals surface area contributed by atoms with Crippen molar-refractivity contribution in [3.05, 3.63) is 40.7 Å². The molecular weight excluding hydrogens is 618 g/mol. The van der Waals surface area contributed by atoms with Crippen LogP contribution in [0.4, 0.5) is 4.79 Å². The van der Waals surface area contributed by atoms with Gasteiger partial charge in [0, 0.05) is 41.5 Å². The van der Waals surface area contributed by atoms with E-state index in [1.165, 1.54) is 16.2 Å². The average Bonchev–Trinajstić information content (AvgIpc) is 3.74. The van der Waals surface area contributed by atoms with Crippen molar-refractivity contribution < 1.29 is 24.0 Å². The summed E-state index contributed by atoms with van der Waals surface area (Å²) in [5.74, 6) is -1.83. The summed E-state index contributed by atoms with van der Waals surface area (Å²) in [6.45, 7) is 11.9. The van der Waals surface area contributed by atoms with Gasteiger partial charge in [0.25, 0.3) is 0 Å². The molecule has 1 aromatic carbocycles. The standard InChI is InChI=1S/C34H49N7O5S/c1-33(2,3)27(38-32(46)39-34(4,5)6)31(45)41-18-22(40(7)8)17-25(41)29(44)36-23(16-21-14-15-35-28(21)43)26(42)30-37-24(19-47-30)20-12-10-9-11-13-20/h9-13,19,21-23,25,27H,14-18H2,1-8H3,(H,35,43)(H,36,44)(H2,38,39,46)/t21-,22+,23-,25-,27+/m0/s1. The largest absolute Gasteiger partial charge is 0.356 e. The fourth-order valence-corrected chi connectivity index (χ4v) is 6.76. The van der Waals surface area contributed by atoms with Gasteiger partial charge in [-0.05, 0) is 59.5 Å². The molecule has 0 bridgehead atoms. The summed E-state index contributed by atoms with van der Waals surface area (Å²) in [6.07, 6.45) is 1.02. The first kappa shape index (κ1) is 36.0. The molecule has 13 heteroatoms. The van der Waals surface area contributed by atoms with Crippen LogP contribution in [-0.4, -0.2) is 101 Å². The lowest BCUT2D eigenvalue weighted by molar-refractivity contribution is -0.142. The summed E-state index contributed by atoms with van der Waals surface area (Å²) in [7, 11) is 3.78. The third-order valence-corrected chi connectivity index (χ3v) is 9.43. The number of rotatable bonds is 10. The van der Waals surface area contributed by atoms with Gasteiger partial charge in [-0.2, -0.15) is 0 Å². The third-order valence-electron chi connectivity index (χ3n) is 8.57. The molecule has 4 N–H and O–H groups in total. The number of hydrogen-bond donors (Lipinski definition) is 4. The topological polar surface area (TPSA) is 153 Å². The fourth-order valence-electron chi connectivity index (χ4n) is 5.93. The molecule has 0 spiro atoms. The minimum Gasteiger partial charge on any atom is -0.356 e. The zero-order chi connectivity index (χ0) is 34.7. The Morgan fingerprint density at radius 3 is 2.32 bits per heavy atom. The highest BCUT2D eigenvalue weighted by Gasteiger charge is 2.46. The van der Waals surface area contributed by atoms with Crippen molar-refractivity contribution in [1.82, 2.24) is 36.1 Å². The van der Waals surface area contributed by atoms with E-state index in [1.807, 2.05) is 90.9 Å². The minimum atomic E-state index is -1.02. The van der Waals surface area contributed by atoms with Gasteiger partial charge in [-0.25, -0.2) is 9.78 Å². The number of carbonyl (C=O) groups is 5. The van der Waals surface area contributed by atoms with Gasteiger partial charge in [0.2, 0.25) is 23.5 Å². The van der Waals surface area contributed by atoms with Crippen molar-refractivity contribution in [1.29, 1.82) is 0 Å². The summed E-state index contributed by atoms with van der Waals surface area (Å²) in [5, 5.41) is 13.5. The van der Waals surface area contributed by atoms with Crippen LogP contribution in [0.1, 0.15) is 70.6 Å². The van der Waals surface area contributed by atoms with E-state index in [-0.39, 0.29) is 41.6 Å². The Bertz CT molecular complexity index is 1460. The van der Waals surface area contributed by atoms with E-state index in [4.69, 9.17) is 0 Å². The maximum Gasteiger partial charge on any atom is 0.315 e. The summed E-state index contributed by atoms with van der Waals surface area (Å²) in [6, 6.07) is 6.07. The van der Waals surface area contributed by atoms with Crippen molar-refractivity contribution in [3.8, 4) is 11.3 Å². The van der Waals surface area contributed by atoms with Crippen LogP contribution in [0.2, 0.25) is 0 Å². The second-order valence-corrected chi connectivity index (χ2v) is 15.7. The van der Waals surface area contributed by atoms with Crippen LogP contribution < -0.4 is 21.3 Å². The Balaban J connectivity index is 1.60. The van der Waals surface area contributed by atoms with Crippen LogP contribution in [0.25, 0.3) is 11.3 Å². The molecule has 0 saturated carbocycles. The van der Waals surface area contributed by atoms with Crippen LogP contribution in [-0.2, 0) is 14.4 Å². The molecule has 1 aromatic heterocycles. The Kier molecular flexibility index (Phi) is 11.1. The van der Waals surface area contributed by atoms with Gasteiger partial charge in [-0.15, -0.1) is 11.3 Å². The molecule has 4 rings (SSSR count). The zero-order valence-electron chi connectivity index (χ0n) is 28.7. The first-order chi connectivity index (χ1) is 21.9. The van der Waals surface area contributed by atoms with Crippen LogP contribution in [0.5, 0.6) is 0 Å². The predicted molar refractivity (Wildman–Crippen MR) is 182 cm³/mol. The van der Waals surface area contributed by atoms with Gasteiger partial charge in [0.05, 0.1) is 11.7 Å². The highest BCUT2D eigenvalue weighted by molar-refractivity contribution is 7.12. The zero-order valence-corrected chi connectivity index (χ0v) is 29.5. The van der Waals surface area contributed by atoms with Gasteiger partial charge in [-0.3, -0.25) is 19.2 Å². The van der Waals surface area contributed by atoms with E-state index in [0.717, 1.165) is 5.56 Å². The van der Waals surface area contributed by atoms with Crippen molar-refractivity contribution >= 4 is 40.9 Å². The maximum absolute atomic E-state index is 14.2. The number of urea groups is 1. The molecule has 2 aliphatic heterocycles. The van der Waals surface area contributed by atoms with Crippen molar-refractivity contribution in [2.75, 3.05) is 27.2 Å². The average molecular weight is 668 g/mol. The molecule has 2 aliphatic rings. The monoisotopic (exact) mass is 667 g/mol. The molecule has 256 valence electrons. The number of aromatic nitrogens is 1. The molecule has 3 heterocycles. The van der Waals surface area contributed by atoms with E-state index in [1.54, 1.807) is 5.38 Å². The Morgan fingerprint density at radius 2 is 1.74 bits per heavy atom. The van der Waals surface area contributed by atoms with Crippen LogP contribution in [0, 0.1) is 11.3 Å². The van der Waals surface area contributed by atoms with Gasteiger partial charge in [-0.1, -0.05) is 51.1 Å². The molecule has 12 nitrogen and oxygen atoms in total. The number of likely N-dealkylation sites (N-methyl/N-ethyl adjacent to an activating group) is 1. The molecule has 2 fully saturated rings. The first-order valence-electron chi connectivity index (χ1n) is 16.1. The number of nitrogens with one attached hydrogen (secondary N) is 4. The van der Waals surface area contributed by atoms with Crippen molar-refractivity contribution in [2.24, 2.45) is 11.3 Å². The summed E-state index contributed by atoms with van der Waals surface area (Å²) >= 11 is 1.19. The lowest BCUT2D eigenvalue weighted by Gasteiger charge is -2.36. The summed E-state index contributed by atoms with van der Waals surface area (Å²) in [5.41, 5.74) is 0.338. The van der Waals surface area contributed by atoms with E-state index in [0.29, 0.717) is 25.1 Å². The second-order valence-electron chi connectivity index (χ2n) is 14.8. The SMILES string of the molecule is CN(C)[C@@H]1C[C@@H](C(=O)N[C@@H](C[C@@H]2CCNC2=O)C(=O)c2nc(-c3ccccc3)cs2)N(C(=O)[C@@H](NC(=O)NC(C)(C)C)C(C)(C)C)C1. The lowest BCUT2D eigenvalue weighted by Crippen LogP contribution is -2.61. The molecule has 0 radical (unpaired) electrons. The maximum atomic E-state index is 14.2. The van der Waals surface area contributed by atoms with Gasteiger partial charge in [0.15, 0.2) is 5.01 Å². The number of benzene rings is 1. The Hall–Kier alpha value is -3.84. The molecule has 5 atom stereocenters. The molecule has 47 heavy (non-hydrogen) atoms. The highest BCUT2D eigenvalue weighted by atomic mass is 32.1. The summed E-state index contributed by atoms with van der Waals surface area (Å²) in [4.78, 5) is 75.9. The molecule has 2 aromatic rings. The molecule has 0 unspecified atom stereocenters. The second kappa shape index (κ2) is 14.5. The Labute approximate surface area is 281 Å². The molecule has 0 aliphatic carbocycles. The number of ketones is 1. The minimum absolute atomic E-state index is 0.119. The number of likely N-dealkylation sites (tertiary alicyclic amines) is 1. The van der Waals surface area contributed by atoms with Gasteiger partial charge < -0.3 is 31.1 Å². The predicted octanol–water partition coefficient (Wildman–Crippen LogP) is 3.05. The smallest absolute Gasteiger partial charge is 0.315 e. The number of Topliss-reactive ketones (excluding diaryl/α,β-unsaturated/α-hetero) is 1. The normalized spacial score (nSPS) is 21.3. The highest BCUT2D eigenvalue weighted by Crippen LogP contribution is 2.29. The van der Waals surface area contributed by atoms with E-state index in [9.17, 15) is 24.0 Å². The lowest BCUT2D eigenvalue weighted by atomic mass is 9.85. The third kappa shape index (κ3) is 9.16. The van der Waals surface area contributed by atoms with Gasteiger partial charge in [0.1, 0.15) is 12.1 Å². The van der Waals surface area contributed by atoms with Crippen molar-refractivity contribution in [2.45, 2.75) is 90.5 Å². The fraction of sp³-hybridized carbons (Fsp3) is 0.588. The van der Waals surface area contributed by atoms with Crippen LogP contribution in [0.15, 0.2) is 35.7 Å². The van der Waals surface area contributed by atoms with Crippen molar-refractivity contribution in [3.63, 3.8) is 0 Å². The van der Waals surface area contributed by atoms with E-state index < -0.39 is 46.9 Å². The Morgan fingerprint density at radius 1 is 1.06 bits per heavy atom. The van der Waals surface area contributed by atoms with E-state index in [2.05, 4.69) is 26.3 Å². The van der Waals surface area contributed by atoms with Crippen LogP contribution in [0.3, 0.4) is 0 Å². The molecule has 2 saturated heterocycles. The number of nitrogens with zero attached hydrogens (tertiary/aromatic N) is 3. The van der Waals surface area contributed by atoms with Crippen LogP contribution >= 0.6 is 11.3 Å². The number of amides is 5. The number of hydrogen-bond acceptors (Lipinski definition) is 8. The summed E-state index contributed by atoms with van der Waals surface area (Å²) < 4.78 is 0. The number of thiazole rings is 1. The molecular formula is C34H49N7O5S. The quantitative estimate of drug-likeness (QED) is 0.284. The van der Waals surface area contributed by atoms with Gasteiger partial charge >= 0.3 is 6.03 Å². The first-order valence-corrected chi connectivity index (χ1v) is 17.0. The molecule has 5 amide bonds. The number of carbonyl (C=O) groups excluding carboxylic acids is 5. The van der Waals surface area contributed by atoms with E-state index >= 15 is 0 Å².